The highest BCUT2D eigenvalue weighted by Crippen LogP contribution is 2.17. The summed E-state index contributed by atoms with van der Waals surface area (Å²) < 4.78 is 0. The first-order valence-corrected chi connectivity index (χ1v) is 8.86. The van der Waals surface area contributed by atoms with Gasteiger partial charge in [0.15, 0.2) is 5.78 Å². The number of halogens is 1. The Balaban J connectivity index is 1.43. The minimum absolute atomic E-state index is 0.132. The first kappa shape index (κ1) is 17.2. The van der Waals surface area contributed by atoms with Gasteiger partial charge in [-0.3, -0.25) is 9.69 Å². The molecule has 1 aliphatic rings. The number of piperazine rings is 1. The van der Waals surface area contributed by atoms with Gasteiger partial charge in [-0.25, -0.2) is 0 Å². The molecule has 0 unspecified atom stereocenters. The number of carbonyl (C=O) groups is 1. The lowest BCUT2D eigenvalue weighted by Gasteiger charge is -2.34. The van der Waals surface area contributed by atoms with Crippen molar-refractivity contribution in [1.29, 1.82) is 0 Å². The second-order valence-electron chi connectivity index (χ2n) is 6.26. The van der Waals surface area contributed by atoms with Crippen molar-refractivity contribution in [2.45, 2.75) is 13.0 Å². The molecule has 126 valence electrons. The minimum atomic E-state index is 0.132. The molecule has 4 heteroatoms. The zero-order valence-corrected chi connectivity index (χ0v) is 14.6. The summed E-state index contributed by atoms with van der Waals surface area (Å²) in [4.78, 5) is 17.1. The van der Waals surface area contributed by atoms with Crippen LogP contribution in [0.2, 0.25) is 5.02 Å². The van der Waals surface area contributed by atoms with Crippen molar-refractivity contribution in [3.8, 4) is 0 Å². The molecule has 24 heavy (non-hydrogen) atoms. The van der Waals surface area contributed by atoms with Crippen LogP contribution < -0.4 is 0 Å². The standard InChI is InChI=1S/C20H23ClN2O/c21-19-9-5-4-8-18(19)20(24)10-11-22-12-14-23(15-13-22)16-17-6-2-1-3-7-17/h1-9H,10-16H2. The first-order chi connectivity index (χ1) is 11.7. The van der Waals surface area contributed by atoms with Crippen LogP contribution in [-0.2, 0) is 6.54 Å². The number of rotatable bonds is 6. The average molecular weight is 343 g/mol. The summed E-state index contributed by atoms with van der Waals surface area (Å²) in [5.74, 6) is 0.132. The van der Waals surface area contributed by atoms with E-state index in [1.807, 2.05) is 18.2 Å². The summed E-state index contributed by atoms with van der Waals surface area (Å²) in [6, 6.07) is 17.9. The van der Waals surface area contributed by atoms with Crippen molar-refractivity contribution in [1.82, 2.24) is 9.80 Å². The van der Waals surface area contributed by atoms with E-state index < -0.39 is 0 Å². The summed E-state index contributed by atoms with van der Waals surface area (Å²) in [6.07, 6.45) is 0.530. The second-order valence-corrected chi connectivity index (χ2v) is 6.66. The lowest BCUT2D eigenvalue weighted by Crippen LogP contribution is -2.46. The van der Waals surface area contributed by atoms with Crippen molar-refractivity contribution in [3.63, 3.8) is 0 Å². The van der Waals surface area contributed by atoms with Gasteiger partial charge in [0.05, 0.1) is 5.02 Å². The van der Waals surface area contributed by atoms with Crippen LogP contribution in [0, 0.1) is 0 Å². The SMILES string of the molecule is O=C(CCN1CCN(Cc2ccccc2)CC1)c1ccccc1Cl. The Morgan fingerprint density at radius 3 is 2.21 bits per heavy atom. The lowest BCUT2D eigenvalue weighted by molar-refractivity contribution is 0.0923. The Morgan fingerprint density at radius 2 is 1.50 bits per heavy atom. The molecule has 2 aromatic rings. The second kappa shape index (κ2) is 8.43. The molecule has 0 N–H and O–H groups in total. The van der Waals surface area contributed by atoms with Gasteiger partial charge in [-0.05, 0) is 17.7 Å². The molecule has 0 spiro atoms. The molecule has 0 aliphatic carbocycles. The van der Waals surface area contributed by atoms with E-state index in [2.05, 4.69) is 40.1 Å². The Bertz CT molecular complexity index is 666. The van der Waals surface area contributed by atoms with Crippen molar-refractivity contribution in [3.05, 3.63) is 70.7 Å². The number of Topliss-reactive ketones (excluding diaryl/α,β-unsaturated/α-hetero) is 1. The predicted octanol–water partition coefficient (Wildman–Crippen LogP) is 3.73. The van der Waals surface area contributed by atoms with Crippen molar-refractivity contribution in [2.75, 3.05) is 32.7 Å². The number of hydrogen-bond donors (Lipinski definition) is 0. The zero-order chi connectivity index (χ0) is 16.8. The molecule has 0 amide bonds. The molecule has 0 radical (unpaired) electrons. The van der Waals surface area contributed by atoms with Crippen LogP contribution in [0.1, 0.15) is 22.3 Å². The number of benzene rings is 2. The Kier molecular flexibility index (Phi) is 6.02. The summed E-state index contributed by atoms with van der Waals surface area (Å²) in [5, 5.41) is 0.551. The maximum absolute atomic E-state index is 12.3. The molecular formula is C20H23ClN2O. The third kappa shape index (κ3) is 4.67. The van der Waals surface area contributed by atoms with Crippen LogP contribution in [0.25, 0.3) is 0 Å². The molecule has 0 bridgehead atoms. The topological polar surface area (TPSA) is 23.6 Å². The van der Waals surface area contributed by atoms with Gasteiger partial charge >= 0.3 is 0 Å². The summed E-state index contributed by atoms with van der Waals surface area (Å²) >= 11 is 6.10. The molecule has 0 aromatic heterocycles. The van der Waals surface area contributed by atoms with Crippen molar-refractivity contribution < 1.29 is 4.79 Å². The third-order valence-electron chi connectivity index (χ3n) is 4.54. The van der Waals surface area contributed by atoms with E-state index in [9.17, 15) is 4.79 Å². The maximum Gasteiger partial charge on any atom is 0.165 e. The fourth-order valence-corrected chi connectivity index (χ4v) is 3.34. The number of nitrogens with zero attached hydrogens (tertiary/aromatic N) is 2. The minimum Gasteiger partial charge on any atom is -0.300 e. The number of hydrogen-bond acceptors (Lipinski definition) is 3. The van der Waals surface area contributed by atoms with Gasteiger partial charge < -0.3 is 4.90 Å². The Labute approximate surface area is 148 Å². The van der Waals surface area contributed by atoms with Gasteiger partial charge in [-0.1, -0.05) is 54.1 Å². The van der Waals surface area contributed by atoms with E-state index in [-0.39, 0.29) is 5.78 Å². The van der Waals surface area contributed by atoms with Gasteiger partial charge in [0, 0.05) is 51.3 Å². The molecular weight excluding hydrogens is 320 g/mol. The van der Waals surface area contributed by atoms with Gasteiger partial charge in [0.1, 0.15) is 0 Å². The van der Waals surface area contributed by atoms with Crippen LogP contribution in [0.15, 0.2) is 54.6 Å². The smallest absolute Gasteiger partial charge is 0.165 e. The largest absolute Gasteiger partial charge is 0.300 e. The van der Waals surface area contributed by atoms with Crippen LogP contribution in [0.5, 0.6) is 0 Å². The van der Waals surface area contributed by atoms with Crippen molar-refractivity contribution in [2.24, 2.45) is 0 Å². The Hall–Kier alpha value is -1.68. The number of ketones is 1. The van der Waals surface area contributed by atoms with Crippen molar-refractivity contribution >= 4 is 17.4 Å². The van der Waals surface area contributed by atoms with Gasteiger partial charge in [0.25, 0.3) is 0 Å². The molecule has 1 heterocycles. The molecule has 1 saturated heterocycles. The van der Waals surface area contributed by atoms with Gasteiger partial charge in [-0.15, -0.1) is 0 Å². The lowest BCUT2D eigenvalue weighted by atomic mass is 10.1. The van der Waals surface area contributed by atoms with Crippen LogP contribution >= 0.6 is 11.6 Å². The fourth-order valence-electron chi connectivity index (χ4n) is 3.09. The van der Waals surface area contributed by atoms with Gasteiger partial charge in [-0.2, -0.15) is 0 Å². The first-order valence-electron chi connectivity index (χ1n) is 8.49. The average Bonchev–Trinajstić information content (AvgIpc) is 2.62. The van der Waals surface area contributed by atoms with Crippen LogP contribution in [-0.4, -0.2) is 48.3 Å². The summed E-state index contributed by atoms with van der Waals surface area (Å²) in [7, 11) is 0. The van der Waals surface area contributed by atoms with E-state index in [1.165, 1.54) is 5.56 Å². The highest BCUT2D eigenvalue weighted by atomic mass is 35.5. The molecule has 0 atom stereocenters. The normalized spacial score (nSPS) is 16.2. The van der Waals surface area contributed by atoms with E-state index in [0.717, 1.165) is 39.3 Å². The highest BCUT2D eigenvalue weighted by Gasteiger charge is 2.18. The molecule has 1 fully saturated rings. The summed E-state index contributed by atoms with van der Waals surface area (Å²) in [6.45, 7) is 5.95. The highest BCUT2D eigenvalue weighted by molar-refractivity contribution is 6.33. The fraction of sp³-hybridized carbons (Fsp3) is 0.350. The summed E-state index contributed by atoms with van der Waals surface area (Å²) in [5.41, 5.74) is 2.00. The molecule has 2 aromatic carbocycles. The van der Waals surface area contributed by atoms with E-state index >= 15 is 0 Å². The third-order valence-corrected chi connectivity index (χ3v) is 4.87. The monoisotopic (exact) mass is 342 g/mol. The van der Waals surface area contributed by atoms with Crippen LogP contribution in [0.4, 0.5) is 0 Å². The van der Waals surface area contributed by atoms with E-state index in [0.29, 0.717) is 17.0 Å². The predicted molar refractivity (Wildman–Crippen MR) is 98.6 cm³/mol. The van der Waals surface area contributed by atoms with E-state index in [1.54, 1.807) is 6.07 Å². The van der Waals surface area contributed by atoms with E-state index in [4.69, 9.17) is 11.6 Å². The Morgan fingerprint density at radius 1 is 0.875 bits per heavy atom. The maximum atomic E-state index is 12.3. The molecule has 1 aliphatic heterocycles. The van der Waals surface area contributed by atoms with Gasteiger partial charge in [0.2, 0.25) is 0 Å². The molecule has 3 nitrogen and oxygen atoms in total. The zero-order valence-electron chi connectivity index (χ0n) is 13.8. The quantitative estimate of drug-likeness (QED) is 0.747. The number of carbonyl (C=O) groups excluding carboxylic acids is 1. The van der Waals surface area contributed by atoms with Crippen LogP contribution in [0.3, 0.4) is 0 Å². The molecule has 0 saturated carbocycles. The molecule has 3 rings (SSSR count).